The molecule has 2 nitrogen and oxygen atoms in total. The first-order valence-corrected chi connectivity index (χ1v) is 4.55. The number of hydrogen-bond donors (Lipinski definition) is 1. The molecule has 0 aliphatic carbocycles. The van der Waals surface area contributed by atoms with Crippen molar-refractivity contribution in [2.75, 3.05) is 6.54 Å². The van der Waals surface area contributed by atoms with Crippen molar-refractivity contribution in [1.82, 2.24) is 4.98 Å². The van der Waals surface area contributed by atoms with E-state index < -0.39 is 5.92 Å². The standard InChI is InChI=1S/C8H9BrF2N2/c9-7-5-13-4-1-6(7)8(10,11)2-3-12/h1,4-5H,2-3,12H2. The summed E-state index contributed by atoms with van der Waals surface area (Å²) in [5, 5.41) is 0. The monoisotopic (exact) mass is 250 g/mol. The summed E-state index contributed by atoms with van der Waals surface area (Å²) < 4.78 is 26.9. The SMILES string of the molecule is NCCC(F)(F)c1ccncc1Br. The minimum absolute atomic E-state index is 0.0399. The van der Waals surface area contributed by atoms with E-state index in [4.69, 9.17) is 5.73 Å². The zero-order valence-electron chi connectivity index (χ0n) is 6.80. The number of hydrogen-bond acceptors (Lipinski definition) is 2. The molecule has 1 aromatic rings. The Morgan fingerprint density at radius 1 is 1.54 bits per heavy atom. The predicted octanol–water partition coefficient (Wildman–Crippen LogP) is 2.28. The molecule has 1 aromatic heterocycles. The lowest BCUT2D eigenvalue weighted by molar-refractivity contribution is -0.0115. The van der Waals surface area contributed by atoms with Gasteiger partial charge < -0.3 is 5.73 Å². The number of rotatable bonds is 3. The van der Waals surface area contributed by atoms with Crippen LogP contribution < -0.4 is 5.73 Å². The Kier molecular flexibility index (Phi) is 3.33. The summed E-state index contributed by atoms with van der Waals surface area (Å²) in [6.07, 6.45) is 2.33. The van der Waals surface area contributed by atoms with E-state index in [2.05, 4.69) is 20.9 Å². The Morgan fingerprint density at radius 3 is 2.77 bits per heavy atom. The Bertz CT molecular complexity index is 291. The van der Waals surface area contributed by atoms with Gasteiger partial charge in [0.2, 0.25) is 0 Å². The average Bonchev–Trinajstić information content (AvgIpc) is 2.04. The van der Waals surface area contributed by atoms with Crippen LogP contribution in [0.5, 0.6) is 0 Å². The van der Waals surface area contributed by atoms with Crippen molar-refractivity contribution >= 4 is 15.9 Å². The van der Waals surface area contributed by atoms with Crippen molar-refractivity contribution < 1.29 is 8.78 Å². The summed E-state index contributed by atoms with van der Waals surface area (Å²) in [7, 11) is 0. The van der Waals surface area contributed by atoms with Crippen molar-refractivity contribution in [1.29, 1.82) is 0 Å². The molecular weight excluding hydrogens is 242 g/mol. The summed E-state index contributed by atoms with van der Waals surface area (Å²) in [6.45, 7) is -0.0399. The van der Waals surface area contributed by atoms with Crippen molar-refractivity contribution in [2.24, 2.45) is 5.73 Å². The van der Waals surface area contributed by atoms with E-state index in [1.807, 2.05) is 0 Å². The van der Waals surface area contributed by atoms with E-state index in [0.717, 1.165) is 0 Å². The number of nitrogens with two attached hydrogens (primary N) is 1. The fourth-order valence-corrected chi connectivity index (χ4v) is 1.53. The second kappa shape index (κ2) is 4.11. The van der Waals surface area contributed by atoms with Gasteiger partial charge in [0.25, 0.3) is 5.92 Å². The first-order valence-electron chi connectivity index (χ1n) is 3.76. The summed E-state index contributed by atoms with van der Waals surface area (Å²) in [6, 6.07) is 1.29. The van der Waals surface area contributed by atoms with Gasteiger partial charge in [0, 0.05) is 28.9 Å². The van der Waals surface area contributed by atoms with Crippen LogP contribution in [0.25, 0.3) is 0 Å². The molecule has 0 saturated heterocycles. The van der Waals surface area contributed by atoms with Crippen LogP contribution in [0.1, 0.15) is 12.0 Å². The molecule has 13 heavy (non-hydrogen) atoms. The highest BCUT2D eigenvalue weighted by Crippen LogP contribution is 2.35. The molecule has 0 aromatic carbocycles. The van der Waals surface area contributed by atoms with Gasteiger partial charge in [-0.2, -0.15) is 0 Å². The molecule has 5 heteroatoms. The molecule has 1 heterocycles. The number of aromatic nitrogens is 1. The number of halogens is 3. The topological polar surface area (TPSA) is 38.9 Å². The highest BCUT2D eigenvalue weighted by molar-refractivity contribution is 9.10. The van der Waals surface area contributed by atoms with Gasteiger partial charge in [-0.3, -0.25) is 4.98 Å². The van der Waals surface area contributed by atoms with Gasteiger partial charge in [-0.15, -0.1) is 0 Å². The molecule has 2 N–H and O–H groups in total. The molecule has 0 spiro atoms. The molecule has 0 unspecified atom stereocenters. The van der Waals surface area contributed by atoms with Crippen LogP contribution in [-0.4, -0.2) is 11.5 Å². The number of alkyl halides is 2. The van der Waals surface area contributed by atoms with Crippen LogP contribution in [-0.2, 0) is 5.92 Å². The van der Waals surface area contributed by atoms with Gasteiger partial charge in [0.05, 0.1) is 0 Å². The van der Waals surface area contributed by atoms with Gasteiger partial charge in [0.15, 0.2) is 0 Å². The lowest BCUT2D eigenvalue weighted by Crippen LogP contribution is -2.19. The predicted molar refractivity (Wildman–Crippen MR) is 49.5 cm³/mol. The van der Waals surface area contributed by atoms with E-state index in [9.17, 15) is 8.78 Å². The first-order chi connectivity index (χ1) is 6.08. The second-order valence-corrected chi connectivity index (χ2v) is 3.45. The van der Waals surface area contributed by atoms with Gasteiger partial charge in [-0.1, -0.05) is 0 Å². The molecule has 0 saturated carbocycles. The fraction of sp³-hybridized carbons (Fsp3) is 0.375. The van der Waals surface area contributed by atoms with Crippen LogP contribution >= 0.6 is 15.9 Å². The summed E-state index contributed by atoms with van der Waals surface area (Å²) >= 11 is 3.02. The number of pyridine rings is 1. The zero-order chi connectivity index (χ0) is 9.90. The molecule has 0 amide bonds. The molecule has 72 valence electrons. The third-order valence-electron chi connectivity index (χ3n) is 1.62. The van der Waals surface area contributed by atoms with Crippen molar-refractivity contribution in [3.63, 3.8) is 0 Å². The summed E-state index contributed by atoms with van der Waals surface area (Å²) in [5.74, 6) is -2.88. The minimum atomic E-state index is -2.88. The van der Waals surface area contributed by atoms with Crippen LogP contribution in [0.4, 0.5) is 8.78 Å². The maximum Gasteiger partial charge on any atom is 0.275 e. The van der Waals surface area contributed by atoms with Crippen molar-refractivity contribution in [3.05, 3.63) is 28.5 Å². The normalized spacial score (nSPS) is 11.7. The average molecular weight is 251 g/mol. The van der Waals surface area contributed by atoms with E-state index in [1.54, 1.807) is 0 Å². The number of nitrogens with zero attached hydrogens (tertiary/aromatic N) is 1. The van der Waals surface area contributed by atoms with Crippen LogP contribution in [0.3, 0.4) is 0 Å². The maximum atomic E-state index is 13.3. The van der Waals surface area contributed by atoms with E-state index in [1.165, 1.54) is 18.5 Å². The fourth-order valence-electron chi connectivity index (χ4n) is 0.988. The largest absolute Gasteiger partial charge is 0.330 e. The Morgan fingerprint density at radius 2 is 2.23 bits per heavy atom. The van der Waals surface area contributed by atoms with E-state index >= 15 is 0 Å². The molecular formula is C8H9BrF2N2. The highest BCUT2D eigenvalue weighted by Gasteiger charge is 2.32. The quantitative estimate of drug-likeness (QED) is 0.895. The lowest BCUT2D eigenvalue weighted by atomic mass is 10.1. The van der Waals surface area contributed by atoms with E-state index in [-0.39, 0.29) is 18.5 Å². The van der Waals surface area contributed by atoms with Crippen LogP contribution in [0.15, 0.2) is 22.9 Å². The molecule has 1 rings (SSSR count). The third kappa shape index (κ3) is 2.45. The molecule has 0 aliphatic heterocycles. The van der Waals surface area contributed by atoms with E-state index in [0.29, 0.717) is 4.47 Å². The third-order valence-corrected chi connectivity index (χ3v) is 2.26. The molecule has 0 fully saturated rings. The summed E-state index contributed by atoms with van der Waals surface area (Å²) in [4.78, 5) is 3.71. The zero-order valence-corrected chi connectivity index (χ0v) is 8.39. The van der Waals surface area contributed by atoms with Gasteiger partial charge >= 0.3 is 0 Å². The van der Waals surface area contributed by atoms with Gasteiger partial charge in [-0.05, 0) is 28.5 Å². The molecule has 0 bridgehead atoms. The van der Waals surface area contributed by atoms with Crippen molar-refractivity contribution in [2.45, 2.75) is 12.3 Å². The lowest BCUT2D eigenvalue weighted by Gasteiger charge is -2.16. The molecule has 0 atom stereocenters. The second-order valence-electron chi connectivity index (χ2n) is 2.60. The minimum Gasteiger partial charge on any atom is -0.330 e. The summed E-state index contributed by atoms with van der Waals surface area (Å²) in [5.41, 5.74) is 5.03. The van der Waals surface area contributed by atoms with Crippen LogP contribution in [0, 0.1) is 0 Å². The highest BCUT2D eigenvalue weighted by atomic mass is 79.9. The molecule has 0 aliphatic rings. The van der Waals surface area contributed by atoms with Crippen molar-refractivity contribution in [3.8, 4) is 0 Å². The smallest absolute Gasteiger partial charge is 0.275 e. The Hall–Kier alpha value is -0.550. The Labute approximate surface area is 83.3 Å². The van der Waals surface area contributed by atoms with Gasteiger partial charge in [-0.25, -0.2) is 8.78 Å². The Balaban J connectivity index is 2.99. The molecule has 0 radical (unpaired) electrons. The maximum absolute atomic E-state index is 13.3. The van der Waals surface area contributed by atoms with Gasteiger partial charge in [0.1, 0.15) is 0 Å². The van der Waals surface area contributed by atoms with Crippen LogP contribution in [0.2, 0.25) is 0 Å². The first kappa shape index (κ1) is 10.5.